The number of aromatic nitrogens is 1. The summed E-state index contributed by atoms with van der Waals surface area (Å²) in [4.78, 5) is 15.7. The third-order valence-corrected chi connectivity index (χ3v) is 2.47. The minimum atomic E-state index is -0.273. The summed E-state index contributed by atoms with van der Waals surface area (Å²) in [5, 5.41) is 3.23. The molecule has 1 aliphatic rings. The number of pyridine rings is 1. The van der Waals surface area contributed by atoms with Crippen LogP contribution < -0.4 is 5.32 Å². The van der Waals surface area contributed by atoms with E-state index in [9.17, 15) is 4.79 Å². The molecule has 4 nitrogen and oxygen atoms in total. The fourth-order valence-corrected chi connectivity index (χ4v) is 1.78. The monoisotopic (exact) mass is 206 g/mol. The molecular weight excluding hydrogens is 192 g/mol. The molecule has 0 saturated carbocycles. The third-order valence-electron chi connectivity index (χ3n) is 2.47. The number of carbonyl (C=O) groups excluding carboxylic acids is 1. The first-order valence-electron chi connectivity index (χ1n) is 5.20. The molecule has 0 aromatic carbocycles. The summed E-state index contributed by atoms with van der Waals surface area (Å²) in [6.45, 7) is 3.15. The molecule has 0 radical (unpaired) electrons. The van der Waals surface area contributed by atoms with Gasteiger partial charge in [0.05, 0.1) is 24.1 Å². The summed E-state index contributed by atoms with van der Waals surface area (Å²) in [6.07, 6.45) is 5.31. The average molecular weight is 206 g/mol. The van der Waals surface area contributed by atoms with Crippen LogP contribution in [0.4, 0.5) is 5.69 Å². The van der Waals surface area contributed by atoms with Gasteiger partial charge in [0.15, 0.2) is 0 Å². The Morgan fingerprint density at radius 2 is 2.47 bits per heavy atom. The lowest BCUT2D eigenvalue weighted by Gasteiger charge is -2.19. The van der Waals surface area contributed by atoms with Gasteiger partial charge in [-0.15, -0.1) is 0 Å². The number of ether oxygens (including phenoxy) is 1. The van der Waals surface area contributed by atoms with Crippen molar-refractivity contribution in [1.82, 2.24) is 4.98 Å². The van der Waals surface area contributed by atoms with Crippen LogP contribution >= 0.6 is 0 Å². The molecule has 0 amide bonds. The van der Waals surface area contributed by atoms with Crippen LogP contribution in [0.2, 0.25) is 0 Å². The first-order valence-corrected chi connectivity index (χ1v) is 5.20. The van der Waals surface area contributed by atoms with Gasteiger partial charge < -0.3 is 10.1 Å². The van der Waals surface area contributed by atoms with E-state index in [1.54, 1.807) is 19.3 Å². The summed E-state index contributed by atoms with van der Waals surface area (Å²) in [7, 11) is 0. The van der Waals surface area contributed by atoms with E-state index in [4.69, 9.17) is 4.74 Å². The van der Waals surface area contributed by atoms with Crippen molar-refractivity contribution in [3.63, 3.8) is 0 Å². The first kappa shape index (κ1) is 9.96. The van der Waals surface area contributed by atoms with E-state index in [1.165, 1.54) is 0 Å². The number of hydrogen-bond acceptors (Lipinski definition) is 4. The van der Waals surface area contributed by atoms with Gasteiger partial charge in [-0.25, -0.2) is 4.79 Å². The van der Waals surface area contributed by atoms with Crippen LogP contribution in [-0.4, -0.2) is 24.1 Å². The van der Waals surface area contributed by atoms with Crippen LogP contribution in [0.15, 0.2) is 12.4 Å². The molecule has 2 rings (SSSR count). The number of nitrogens with one attached hydrogen (secondary N) is 1. The highest BCUT2D eigenvalue weighted by molar-refractivity contribution is 5.92. The highest BCUT2D eigenvalue weighted by Crippen LogP contribution is 2.24. The second kappa shape index (κ2) is 4.29. The minimum absolute atomic E-state index is 0.273. The average Bonchev–Trinajstić information content (AvgIpc) is 2.28. The Hall–Kier alpha value is -1.58. The van der Waals surface area contributed by atoms with Crippen molar-refractivity contribution < 1.29 is 9.53 Å². The molecule has 4 heteroatoms. The first-order chi connectivity index (χ1) is 7.33. The molecule has 1 N–H and O–H groups in total. The second-order valence-electron chi connectivity index (χ2n) is 3.46. The van der Waals surface area contributed by atoms with Crippen molar-refractivity contribution in [3.8, 4) is 0 Å². The zero-order valence-electron chi connectivity index (χ0n) is 8.75. The zero-order chi connectivity index (χ0) is 10.7. The molecule has 0 spiro atoms. The van der Waals surface area contributed by atoms with Crippen LogP contribution in [0.3, 0.4) is 0 Å². The quantitative estimate of drug-likeness (QED) is 0.747. The van der Waals surface area contributed by atoms with Gasteiger partial charge >= 0.3 is 5.97 Å². The Morgan fingerprint density at radius 3 is 3.27 bits per heavy atom. The lowest BCUT2D eigenvalue weighted by Crippen LogP contribution is -2.17. The lowest BCUT2D eigenvalue weighted by molar-refractivity contribution is 0.0524. The predicted octanol–water partition coefficient (Wildman–Crippen LogP) is 1.62. The normalized spacial score (nSPS) is 13.9. The van der Waals surface area contributed by atoms with E-state index in [0.29, 0.717) is 12.2 Å². The second-order valence-corrected chi connectivity index (χ2v) is 3.46. The molecule has 0 saturated heterocycles. The van der Waals surface area contributed by atoms with E-state index >= 15 is 0 Å². The van der Waals surface area contributed by atoms with E-state index in [1.807, 2.05) is 0 Å². The molecular formula is C11H14N2O2. The molecule has 1 aliphatic heterocycles. The molecule has 0 unspecified atom stereocenters. The van der Waals surface area contributed by atoms with Gasteiger partial charge in [0.1, 0.15) is 0 Å². The highest BCUT2D eigenvalue weighted by Gasteiger charge is 2.18. The van der Waals surface area contributed by atoms with Crippen LogP contribution in [0, 0.1) is 0 Å². The Bertz CT molecular complexity index is 377. The third kappa shape index (κ3) is 1.93. The zero-order valence-corrected chi connectivity index (χ0v) is 8.75. The fraction of sp³-hybridized carbons (Fsp3) is 0.455. The number of nitrogens with zero attached hydrogens (tertiary/aromatic N) is 1. The molecule has 0 bridgehead atoms. The van der Waals surface area contributed by atoms with E-state index in [0.717, 1.165) is 30.6 Å². The maximum Gasteiger partial charge on any atom is 0.340 e. The van der Waals surface area contributed by atoms with Gasteiger partial charge in [0.25, 0.3) is 0 Å². The van der Waals surface area contributed by atoms with Gasteiger partial charge in [-0.05, 0) is 25.3 Å². The van der Waals surface area contributed by atoms with Crippen molar-refractivity contribution in [2.45, 2.75) is 19.8 Å². The molecule has 0 aliphatic carbocycles. The summed E-state index contributed by atoms with van der Waals surface area (Å²) in [5.41, 5.74) is 2.60. The van der Waals surface area contributed by atoms with Crippen LogP contribution in [0.1, 0.15) is 29.3 Å². The van der Waals surface area contributed by atoms with E-state index in [-0.39, 0.29) is 5.97 Å². The van der Waals surface area contributed by atoms with Crippen LogP contribution in [0.5, 0.6) is 0 Å². The summed E-state index contributed by atoms with van der Waals surface area (Å²) >= 11 is 0. The molecule has 1 aromatic rings. The topological polar surface area (TPSA) is 51.2 Å². The van der Waals surface area contributed by atoms with Crippen molar-refractivity contribution in [2.24, 2.45) is 0 Å². The number of carbonyl (C=O) groups is 1. The van der Waals surface area contributed by atoms with Gasteiger partial charge in [-0.2, -0.15) is 0 Å². The fourth-order valence-electron chi connectivity index (χ4n) is 1.78. The molecule has 15 heavy (non-hydrogen) atoms. The number of fused-ring (bicyclic) bond motifs is 1. The van der Waals surface area contributed by atoms with Crippen LogP contribution in [-0.2, 0) is 11.2 Å². The number of anilines is 1. The standard InChI is InChI=1S/C11H14N2O2/c1-2-15-11(14)9-6-12-7-10-8(9)4-3-5-13-10/h6-7,13H,2-5H2,1H3. The molecule has 0 fully saturated rings. The lowest BCUT2D eigenvalue weighted by atomic mass is 10.0. The SMILES string of the molecule is CCOC(=O)c1cncc2c1CCCN2. The summed E-state index contributed by atoms with van der Waals surface area (Å²) < 4.78 is 4.99. The maximum absolute atomic E-state index is 11.6. The predicted molar refractivity (Wildman–Crippen MR) is 57.0 cm³/mol. The van der Waals surface area contributed by atoms with Crippen molar-refractivity contribution in [2.75, 3.05) is 18.5 Å². The van der Waals surface area contributed by atoms with Crippen molar-refractivity contribution in [3.05, 3.63) is 23.5 Å². The smallest absolute Gasteiger partial charge is 0.340 e. The molecule has 80 valence electrons. The van der Waals surface area contributed by atoms with Crippen LogP contribution in [0.25, 0.3) is 0 Å². The van der Waals surface area contributed by atoms with E-state index < -0.39 is 0 Å². The molecule has 2 heterocycles. The van der Waals surface area contributed by atoms with E-state index in [2.05, 4.69) is 10.3 Å². The Labute approximate surface area is 88.7 Å². The Kier molecular flexibility index (Phi) is 2.85. The number of esters is 1. The van der Waals surface area contributed by atoms with Crippen molar-refractivity contribution in [1.29, 1.82) is 0 Å². The Morgan fingerprint density at radius 1 is 1.60 bits per heavy atom. The Balaban J connectivity index is 2.34. The summed E-state index contributed by atoms with van der Waals surface area (Å²) in [6, 6.07) is 0. The highest BCUT2D eigenvalue weighted by atomic mass is 16.5. The van der Waals surface area contributed by atoms with Gasteiger partial charge in [0, 0.05) is 12.7 Å². The van der Waals surface area contributed by atoms with Gasteiger partial charge in [-0.1, -0.05) is 0 Å². The molecule has 0 atom stereocenters. The molecule has 1 aromatic heterocycles. The van der Waals surface area contributed by atoms with Gasteiger partial charge in [0.2, 0.25) is 0 Å². The number of rotatable bonds is 2. The van der Waals surface area contributed by atoms with Crippen molar-refractivity contribution >= 4 is 11.7 Å². The largest absolute Gasteiger partial charge is 0.462 e. The maximum atomic E-state index is 11.6. The minimum Gasteiger partial charge on any atom is -0.462 e. The van der Waals surface area contributed by atoms with Gasteiger partial charge in [-0.3, -0.25) is 4.98 Å². The summed E-state index contributed by atoms with van der Waals surface area (Å²) in [5.74, 6) is -0.273. The number of hydrogen-bond donors (Lipinski definition) is 1.